The lowest BCUT2D eigenvalue weighted by atomic mass is 10.1. The molecule has 29 heavy (non-hydrogen) atoms. The summed E-state index contributed by atoms with van der Waals surface area (Å²) in [6.07, 6.45) is 0. The number of aromatic nitrogens is 2. The minimum absolute atomic E-state index is 0.184. The summed E-state index contributed by atoms with van der Waals surface area (Å²) in [5.74, 6) is -0.937. The van der Waals surface area contributed by atoms with Crippen molar-refractivity contribution in [2.45, 2.75) is 26.1 Å². The summed E-state index contributed by atoms with van der Waals surface area (Å²) in [4.78, 5) is 27.0. The zero-order valence-corrected chi connectivity index (χ0v) is 16.0. The lowest BCUT2D eigenvalue weighted by molar-refractivity contribution is 0.0681. The molecule has 2 aromatic carbocycles. The van der Waals surface area contributed by atoms with Crippen molar-refractivity contribution in [3.63, 3.8) is 0 Å². The SMILES string of the molecule is C[C@@H](NC(=O)c1cc2n(n1)CCN(Cc1ccccc1F)C2=O)c1ccccc1. The van der Waals surface area contributed by atoms with Crippen molar-refractivity contribution in [3.8, 4) is 0 Å². The van der Waals surface area contributed by atoms with E-state index in [1.54, 1.807) is 27.8 Å². The summed E-state index contributed by atoms with van der Waals surface area (Å²) in [6, 6.07) is 17.3. The van der Waals surface area contributed by atoms with E-state index in [1.807, 2.05) is 37.3 Å². The molecular weight excluding hydrogens is 371 g/mol. The van der Waals surface area contributed by atoms with Gasteiger partial charge in [0, 0.05) is 24.7 Å². The second-order valence-electron chi connectivity index (χ2n) is 7.06. The van der Waals surface area contributed by atoms with Crippen molar-refractivity contribution < 1.29 is 14.0 Å². The van der Waals surface area contributed by atoms with Gasteiger partial charge >= 0.3 is 0 Å². The van der Waals surface area contributed by atoms with Crippen molar-refractivity contribution in [1.82, 2.24) is 20.0 Å². The van der Waals surface area contributed by atoms with Crippen LogP contribution in [0.1, 0.15) is 45.1 Å². The number of nitrogens with zero attached hydrogens (tertiary/aromatic N) is 3. The van der Waals surface area contributed by atoms with E-state index in [0.29, 0.717) is 24.3 Å². The van der Waals surface area contributed by atoms with Crippen LogP contribution < -0.4 is 5.32 Å². The second kappa shape index (κ2) is 7.87. The average molecular weight is 392 g/mol. The first-order chi connectivity index (χ1) is 14.0. The van der Waals surface area contributed by atoms with Gasteiger partial charge in [-0.2, -0.15) is 5.10 Å². The highest BCUT2D eigenvalue weighted by Crippen LogP contribution is 2.19. The zero-order chi connectivity index (χ0) is 20.4. The number of halogens is 1. The van der Waals surface area contributed by atoms with Gasteiger partial charge in [-0.15, -0.1) is 0 Å². The normalized spacial score (nSPS) is 14.4. The third-order valence-electron chi connectivity index (χ3n) is 5.07. The van der Waals surface area contributed by atoms with Crippen LogP contribution in [0, 0.1) is 5.82 Å². The quantitative estimate of drug-likeness (QED) is 0.725. The summed E-state index contributed by atoms with van der Waals surface area (Å²) in [6.45, 7) is 2.94. The maximum atomic E-state index is 13.9. The molecule has 0 radical (unpaired) electrons. The number of hydrogen-bond donors (Lipinski definition) is 1. The van der Waals surface area contributed by atoms with E-state index >= 15 is 0 Å². The van der Waals surface area contributed by atoms with Gasteiger partial charge in [0.05, 0.1) is 12.6 Å². The molecule has 0 aliphatic carbocycles. The molecule has 4 rings (SSSR count). The van der Waals surface area contributed by atoms with E-state index in [0.717, 1.165) is 5.56 Å². The monoisotopic (exact) mass is 392 g/mol. The van der Waals surface area contributed by atoms with Gasteiger partial charge in [-0.05, 0) is 18.6 Å². The summed E-state index contributed by atoms with van der Waals surface area (Å²) in [5.41, 5.74) is 1.98. The van der Waals surface area contributed by atoms with Gasteiger partial charge in [0.25, 0.3) is 11.8 Å². The van der Waals surface area contributed by atoms with Crippen molar-refractivity contribution in [3.05, 3.63) is 89.0 Å². The third kappa shape index (κ3) is 3.89. The molecule has 0 spiro atoms. The minimum Gasteiger partial charge on any atom is -0.344 e. The van der Waals surface area contributed by atoms with Crippen LogP contribution in [0.4, 0.5) is 4.39 Å². The molecule has 0 unspecified atom stereocenters. The van der Waals surface area contributed by atoms with Crippen molar-refractivity contribution >= 4 is 11.8 Å². The molecule has 0 saturated carbocycles. The van der Waals surface area contributed by atoms with E-state index in [-0.39, 0.29) is 35.9 Å². The fourth-order valence-corrected chi connectivity index (χ4v) is 3.43. The Hall–Kier alpha value is -3.48. The topological polar surface area (TPSA) is 67.2 Å². The fraction of sp³-hybridized carbons (Fsp3) is 0.227. The van der Waals surface area contributed by atoms with Crippen LogP contribution in [-0.2, 0) is 13.1 Å². The zero-order valence-electron chi connectivity index (χ0n) is 16.0. The minimum atomic E-state index is -0.339. The molecule has 3 aromatic rings. The molecule has 0 fully saturated rings. The largest absolute Gasteiger partial charge is 0.344 e. The molecule has 1 atom stereocenters. The number of hydrogen-bond acceptors (Lipinski definition) is 3. The smallest absolute Gasteiger partial charge is 0.272 e. The highest BCUT2D eigenvalue weighted by Gasteiger charge is 2.28. The molecule has 7 heteroatoms. The van der Waals surface area contributed by atoms with Crippen LogP contribution in [0.2, 0.25) is 0 Å². The molecule has 1 N–H and O–H groups in total. The summed E-state index contributed by atoms with van der Waals surface area (Å²) in [7, 11) is 0. The number of carbonyl (C=O) groups is 2. The van der Waals surface area contributed by atoms with Gasteiger partial charge in [0.1, 0.15) is 11.5 Å². The second-order valence-corrected chi connectivity index (χ2v) is 7.06. The number of rotatable bonds is 5. The van der Waals surface area contributed by atoms with E-state index in [1.165, 1.54) is 12.1 Å². The first-order valence-corrected chi connectivity index (χ1v) is 9.49. The predicted octanol–water partition coefficient (Wildman–Crippen LogP) is 3.17. The Labute approximate surface area is 167 Å². The number of amides is 2. The van der Waals surface area contributed by atoms with Crippen LogP contribution >= 0.6 is 0 Å². The number of nitrogens with one attached hydrogen (secondary N) is 1. The number of fused-ring (bicyclic) bond motifs is 1. The first kappa shape index (κ1) is 18.9. The summed E-state index contributed by atoms with van der Waals surface area (Å²) >= 11 is 0. The van der Waals surface area contributed by atoms with E-state index in [2.05, 4.69) is 10.4 Å². The molecule has 1 aliphatic heterocycles. The number of carbonyl (C=O) groups excluding carboxylic acids is 2. The van der Waals surface area contributed by atoms with Crippen LogP contribution in [-0.4, -0.2) is 33.0 Å². The summed E-state index contributed by atoms with van der Waals surface area (Å²) < 4.78 is 15.5. The highest BCUT2D eigenvalue weighted by molar-refractivity contribution is 5.98. The van der Waals surface area contributed by atoms with Crippen molar-refractivity contribution in [2.75, 3.05) is 6.54 Å². The molecule has 148 valence electrons. The Morgan fingerprint density at radius 1 is 1.14 bits per heavy atom. The fourth-order valence-electron chi connectivity index (χ4n) is 3.43. The van der Waals surface area contributed by atoms with Crippen molar-refractivity contribution in [2.24, 2.45) is 0 Å². The molecule has 6 nitrogen and oxygen atoms in total. The predicted molar refractivity (Wildman–Crippen MR) is 106 cm³/mol. The molecule has 2 amide bonds. The Bertz CT molecular complexity index is 1050. The van der Waals surface area contributed by atoms with Crippen molar-refractivity contribution in [1.29, 1.82) is 0 Å². The van der Waals surface area contributed by atoms with E-state index in [9.17, 15) is 14.0 Å². The van der Waals surface area contributed by atoms with Crippen LogP contribution in [0.3, 0.4) is 0 Å². The Kier molecular flexibility index (Phi) is 5.12. The number of benzene rings is 2. The Morgan fingerprint density at radius 2 is 1.86 bits per heavy atom. The van der Waals surface area contributed by atoms with Gasteiger partial charge in [-0.1, -0.05) is 48.5 Å². The highest BCUT2D eigenvalue weighted by atomic mass is 19.1. The van der Waals surface area contributed by atoms with Crippen LogP contribution in [0.5, 0.6) is 0 Å². The molecular formula is C22H21FN4O2. The Balaban J connectivity index is 1.48. The van der Waals surface area contributed by atoms with Crippen LogP contribution in [0.25, 0.3) is 0 Å². The molecule has 1 aliphatic rings. The molecule has 1 aromatic heterocycles. The van der Waals surface area contributed by atoms with E-state index in [4.69, 9.17) is 0 Å². The molecule has 2 heterocycles. The molecule has 0 bridgehead atoms. The van der Waals surface area contributed by atoms with Gasteiger partial charge in [-0.25, -0.2) is 4.39 Å². The van der Waals surface area contributed by atoms with Crippen LogP contribution in [0.15, 0.2) is 60.7 Å². The lowest BCUT2D eigenvalue weighted by Crippen LogP contribution is -2.40. The summed E-state index contributed by atoms with van der Waals surface area (Å²) in [5, 5.41) is 7.20. The average Bonchev–Trinajstić information content (AvgIpc) is 3.18. The Morgan fingerprint density at radius 3 is 2.62 bits per heavy atom. The lowest BCUT2D eigenvalue weighted by Gasteiger charge is -2.27. The first-order valence-electron chi connectivity index (χ1n) is 9.49. The van der Waals surface area contributed by atoms with Gasteiger partial charge in [-0.3, -0.25) is 14.3 Å². The van der Waals surface area contributed by atoms with E-state index < -0.39 is 0 Å². The standard InChI is InChI=1S/C22H21FN4O2/c1-15(16-7-3-2-4-8-16)24-21(28)19-13-20-22(29)26(11-12-27(20)25-19)14-17-9-5-6-10-18(17)23/h2-10,13,15H,11-12,14H2,1H3,(H,24,28)/t15-/m1/s1. The third-order valence-corrected chi connectivity index (χ3v) is 5.07. The maximum absolute atomic E-state index is 13.9. The maximum Gasteiger partial charge on any atom is 0.272 e. The van der Waals surface area contributed by atoms with Gasteiger partial charge < -0.3 is 10.2 Å². The van der Waals surface area contributed by atoms with Gasteiger partial charge in [0.15, 0.2) is 5.69 Å². The van der Waals surface area contributed by atoms with Gasteiger partial charge in [0.2, 0.25) is 0 Å². The molecule has 0 saturated heterocycles.